The summed E-state index contributed by atoms with van der Waals surface area (Å²) in [6.07, 6.45) is 0.0194. The molecule has 0 aliphatic carbocycles. The van der Waals surface area contributed by atoms with Crippen LogP contribution in [0.2, 0.25) is 0 Å². The third-order valence-electron chi connectivity index (χ3n) is 1.88. The standard InChI is InChI=1S/C10H10O4.2Na.2H/c11-9(12)8(10(13)14)6-7-4-2-1-3-5-7;;;;/h1-5,8H,6H2,(H,11,12)(H,13,14);;;;. The van der Waals surface area contributed by atoms with Gasteiger partial charge in [-0.05, 0) is 12.0 Å². The van der Waals surface area contributed by atoms with Crippen molar-refractivity contribution in [2.75, 3.05) is 0 Å². The topological polar surface area (TPSA) is 74.6 Å². The molecule has 0 aliphatic heterocycles. The molecule has 2 N–H and O–H groups in total. The molecule has 0 heterocycles. The van der Waals surface area contributed by atoms with Crippen LogP contribution in [-0.2, 0) is 16.0 Å². The van der Waals surface area contributed by atoms with Gasteiger partial charge in [-0.1, -0.05) is 30.3 Å². The Labute approximate surface area is 138 Å². The van der Waals surface area contributed by atoms with Crippen LogP contribution in [0.3, 0.4) is 0 Å². The third-order valence-corrected chi connectivity index (χ3v) is 1.88. The molecule has 0 fully saturated rings. The molecule has 0 saturated carbocycles. The van der Waals surface area contributed by atoms with E-state index >= 15 is 0 Å². The van der Waals surface area contributed by atoms with Crippen LogP contribution in [0.1, 0.15) is 5.56 Å². The first-order valence-corrected chi connectivity index (χ1v) is 4.11. The second-order valence-corrected chi connectivity index (χ2v) is 2.92. The minimum atomic E-state index is -1.36. The van der Waals surface area contributed by atoms with E-state index in [1.54, 1.807) is 30.3 Å². The van der Waals surface area contributed by atoms with E-state index in [9.17, 15) is 9.59 Å². The number of carbonyl (C=O) groups is 2. The van der Waals surface area contributed by atoms with Gasteiger partial charge in [0.25, 0.3) is 0 Å². The Kier molecular flexibility index (Phi) is 10.7. The predicted molar refractivity (Wildman–Crippen MR) is 63.2 cm³/mol. The quantitative estimate of drug-likeness (QED) is 0.562. The second kappa shape index (κ2) is 9.22. The zero-order valence-corrected chi connectivity index (χ0v) is 7.38. The normalized spacial score (nSPS) is 8.81. The molecule has 1 aromatic rings. The minimum absolute atomic E-state index is 0. The van der Waals surface area contributed by atoms with Crippen LogP contribution in [0.5, 0.6) is 0 Å². The van der Waals surface area contributed by atoms with Gasteiger partial charge in [-0.3, -0.25) is 9.59 Å². The molecule has 0 saturated heterocycles. The molecule has 0 spiro atoms. The van der Waals surface area contributed by atoms with Gasteiger partial charge in [-0.15, -0.1) is 0 Å². The van der Waals surface area contributed by atoms with Crippen molar-refractivity contribution in [2.45, 2.75) is 6.42 Å². The summed E-state index contributed by atoms with van der Waals surface area (Å²) in [4.78, 5) is 21.1. The van der Waals surface area contributed by atoms with E-state index in [4.69, 9.17) is 10.2 Å². The van der Waals surface area contributed by atoms with Crippen LogP contribution in [0.25, 0.3) is 0 Å². The fraction of sp³-hybridized carbons (Fsp3) is 0.200. The molecular weight excluding hydrogens is 230 g/mol. The van der Waals surface area contributed by atoms with Crippen molar-refractivity contribution in [2.24, 2.45) is 5.92 Å². The maximum atomic E-state index is 10.6. The van der Waals surface area contributed by atoms with Crippen LogP contribution < -0.4 is 0 Å². The zero-order valence-electron chi connectivity index (χ0n) is 7.38. The van der Waals surface area contributed by atoms with E-state index < -0.39 is 17.9 Å². The van der Waals surface area contributed by atoms with Gasteiger partial charge >= 0.3 is 71.1 Å². The van der Waals surface area contributed by atoms with E-state index in [1.165, 1.54) is 0 Å². The Bertz CT molecular complexity index is 326. The van der Waals surface area contributed by atoms with Crippen LogP contribution in [0.15, 0.2) is 30.3 Å². The number of hydrogen-bond donors (Lipinski definition) is 2. The van der Waals surface area contributed by atoms with Gasteiger partial charge in [-0.25, -0.2) is 0 Å². The third kappa shape index (κ3) is 6.03. The van der Waals surface area contributed by atoms with Crippen LogP contribution in [-0.4, -0.2) is 81.3 Å². The Morgan fingerprint density at radius 3 is 1.81 bits per heavy atom. The second-order valence-electron chi connectivity index (χ2n) is 2.92. The number of benzene rings is 1. The van der Waals surface area contributed by atoms with Gasteiger partial charge in [0, 0.05) is 0 Å². The van der Waals surface area contributed by atoms with Gasteiger partial charge in [0.15, 0.2) is 5.92 Å². The molecule has 78 valence electrons. The molecule has 0 unspecified atom stereocenters. The number of aliphatic carboxylic acids is 2. The molecule has 16 heavy (non-hydrogen) atoms. The molecule has 0 radical (unpaired) electrons. The summed E-state index contributed by atoms with van der Waals surface area (Å²) in [7, 11) is 0. The predicted octanol–water partition coefficient (Wildman–Crippen LogP) is -0.282. The number of hydrogen-bond acceptors (Lipinski definition) is 2. The molecule has 0 aromatic heterocycles. The summed E-state index contributed by atoms with van der Waals surface area (Å²) in [5.41, 5.74) is 0.710. The Morgan fingerprint density at radius 2 is 1.44 bits per heavy atom. The molecule has 0 bridgehead atoms. The van der Waals surface area contributed by atoms with E-state index in [-0.39, 0.29) is 65.5 Å². The molecule has 4 nitrogen and oxygen atoms in total. The summed E-state index contributed by atoms with van der Waals surface area (Å²) in [6, 6.07) is 8.70. The summed E-state index contributed by atoms with van der Waals surface area (Å²) >= 11 is 0. The molecule has 6 heteroatoms. The van der Waals surface area contributed by atoms with Crippen LogP contribution in [0.4, 0.5) is 0 Å². The zero-order chi connectivity index (χ0) is 10.6. The SMILES string of the molecule is O=C(O)C(Cc1ccccc1)C(=O)O.[NaH].[NaH]. The maximum absolute atomic E-state index is 10.6. The Hall–Kier alpha value is 0.160. The summed E-state index contributed by atoms with van der Waals surface area (Å²) in [6.45, 7) is 0. The fourth-order valence-electron chi connectivity index (χ4n) is 1.13. The van der Waals surface area contributed by atoms with Gasteiger partial charge in [0.05, 0.1) is 0 Å². The van der Waals surface area contributed by atoms with Crippen molar-refractivity contribution >= 4 is 71.1 Å². The first-order chi connectivity index (χ1) is 6.61. The van der Waals surface area contributed by atoms with Gasteiger partial charge in [-0.2, -0.15) is 0 Å². The van der Waals surface area contributed by atoms with E-state index in [0.717, 1.165) is 0 Å². The van der Waals surface area contributed by atoms with E-state index in [1.807, 2.05) is 0 Å². The van der Waals surface area contributed by atoms with Crippen molar-refractivity contribution < 1.29 is 19.8 Å². The average molecular weight is 242 g/mol. The van der Waals surface area contributed by atoms with Gasteiger partial charge in [0.1, 0.15) is 0 Å². The first-order valence-electron chi connectivity index (χ1n) is 4.11. The molecule has 0 atom stereocenters. The molecule has 0 aliphatic rings. The Morgan fingerprint density at radius 1 is 1.00 bits per heavy atom. The van der Waals surface area contributed by atoms with E-state index in [2.05, 4.69) is 0 Å². The molecular formula is C10H12Na2O4. The van der Waals surface area contributed by atoms with Crippen molar-refractivity contribution in [3.8, 4) is 0 Å². The monoisotopic (exact) mass is 242 g/mol. The molecule has 1 rings (SSSR count). The van der Waals surface area contributed by atoms with Crippen LogP contribution >= 0.6 is 0 Å². The van der Waals surface area contributed by atoms with E-state index in [0.29, 0.717) is 5.56 Å². The van der Waals surface area contributed by atoms with Crippen molar-refractivity contribution in [3.05, 3.63) is 35.9 Å². The summed E-state index contributed by atoms with van der Waals surface area (Å²) < 4.78 is 0. The van der Waals surface area contributed by atoms with Crippen molar-refractivity contribution in [1.82, 2.24) is 0 Å². The summed E-state index contributed by atoms with van der Waals surface area (Å²) in [5.74, 6) is -3.97. The number of rotatable bonds is 4. The molecule has 1 aromatic carbocycles. The molecule has 0 amide bonds. The van der Waals surface area contributed by atoms with Crippen molar-refractivity contribution in [1.29, 1.82) is 0 Å². The first kappa shape index (κ1) is 18.5. The fourth-order valence-corrected chi connectivity index (χ4v) is 1.13. The summed E-state index contributed by atoms with van der Waals surface area (Å²) in [5, 5.41) is 17.2. The number of carboxylic acids is 2. The van der Waals surface area contributed by atoms with Gasteiger partial charge < -0.3 is 10.2 Å². The van der Waals surface area contributed by atoms with Crippen LogP contribution in [0, 0.1) is 5.92 Å². The number of carboxylic acid groups (broad SMARTS) is 2. The Balaban J connectivity index is 0. The average Bonchev–Trinajstić information content (AvgIpc) is 2.15. The van der Waals surface area contributed by atoms with Crippen molar-refractivity contribution in [3.63, 3.8) is 0 Å². The van der Waals surface area contributed by atoms with Gasteiger partial charge in [0.2, 0.25) is 0 Å².